The van der Waals surface area contributed by atoms with Crippen LogP contribution in [0.4, 0.5) is 9.59 Å². The number of nitrogens with one attached hydrogen (secondary N) is 4. The standard InChI is InChI=1S/C20H46N4O8Si2/c1-8-9-10-13-18(23-19(25)21-14-11-16-33(27-2,28-3)29-4)24-20(26)22-15-12-17-34(30-5,31-6)32-7/h18H,8-17H2,1-7H3,(H2,21,23,25)(H2,22,24,26). The molecule has 0 radical (unpaired) electrons. The number of amides is 4. The topological polar surface area (TPSA) is 138 Å². The van der Waals surface area contributed by atoms with E-state index in [-0.39, 0.29) is 12.1 Å². The summed E-state index contributed by atoms with van der Waals surface area (Å²) >= 11 is 0. The molecule has 0 aromatic heterocycles. The first-order chi connectivity index (χ1) is 16.3. The van der Waals surface area contributed by atoms with Gasteiger partial charge in [-0.25, -0.2) is 9.59 Å². The highest BCUT2D eigenvalue weighted by atomic mass is 28.4. The van der Waals surface area contributed by atoms with E-state index in [1.807, 2.05) is 0 Å². The van der Waals surface area contributed by atoms with Gasteiger partial charge >= 0.3 is 29.7 Å². The number of urea groups is 2. The van der Waals surface area contributed by atoms with Crippen molar-refractivity contribution in [2.24, 2.45) is 0 Å². The summed E-state index contributed by atoms with van der Waals surface area (Å²) in [4.78, 5) is 24.7. The van der Waals surface area contributed by atoms with Gasteiger partial charge in [0, 0.05) is 67.8 Å². The van der Waals surface area contributed by atoms with Crippen LogP contribution in [0.5, 0.6) is 0 Å². The zero-order valence-electron chi connectivity index (χ0n) is 21.9. The van der Waals surface area contributed by atoms with Gasteiger partial charge in [-0.15, -0.1) is 0 Å². The van der Waals surface area contributed by atoms with Crippen molar-refractivity contribution in [3.8, 4) is 0 Å². The van der Waals surface area contributed by atoms with Crippen molar-refractivity contribution in [2.45, 2.75) is 63.7 Å². The van der Waals surface area contributed by atoms with E-state index in [1.165, 1.54) is 0 Å². The molecule has 12 nitrogen and oxygen atoms in total. The lowest BCUT2D eigenvalue weighted by Gasteiger charge is -2.25. The Morgan fingerprint density at radius 1 is 0.647 bits per heavy atom. The third-order valence-electron chi connectivity index (χ3n) is 5.46. The van der Waals surface area contributed by atoms with Crippen LogP contribution in [0.1, 0.15) is 45.4 Å². The Balaban J connectivity index is 4.52. The van der Waals surface area contributed by atoms with Gasteiger partial charge in [-0.1, -0.05) is 19.8 Å². The molecule has 0 bridgehead atoms. The van der Waals surface area contributed by atoms with E-state index in [9.17, 15) is 9.59 Å². The van der Waals surface area contributed by atoms with E-state index in [0.717, 1.165) is 19.3 Å². The summed E-state index contributed by atoms with van der Waals surface area (Å²) in [5.74, 6) is 0. The summed E-state index contributed by atoms with van der Waals surface area (Å²) < 4.78 is 32.3. The summed E-state index contributed by atoms with van der Waals surface area (Å²) in [5.41, 5.74) is 0. The monoisotopic (exact) mass is 526 g/mol. The zero-order chi connectivity index (χ0) is 25.9. The molecule has 0 heterocycles. The summed E-state index contributed by atoms with van der Waals surface area (Å²) in [6, 6.07) is 0.461. The van der Waals surface area contributed by atoms with Crippen LogP contribution >= 0.6 is 0 Å². The lowest BCUT2D eigenvalue weighted by molar-refractivity contribution is 0.122. The zero-order valence-corrected chi connectivity index (χ0v) is 23.9. The minimum absolute atomic E-state index is 0.350. The van der Waals surface area contributed by atoms with Crippen LogP contribution in [0.25, 0.3) is 0 Å². The van der Waals surface area contributed by atoms with Crippen LogP contribution in [0.3, 0.4) is 0 Å². The number of unbranched alkanes of at least 4 members (excludes halogenated alkanes) is 2. The maximum Gasteiger partial charge on any atom is 0.500 e. The maximum atomic E-state index is 12.4. The molecule has 0 unspecified atom stereocenters. The number of carbonyl (C=O) groups is 2. The molecule has 0 fully saturated rings. The molecular formula is C20H46N4O8Si2. The van der Waals surface area contributed by atoms with Crippen LogP contribution < -0.4 is 21.3 Å². The van der Waals surface area contributed by atoms with E-state index in [1.54, 1.807) is 42.7 Å². The fraction of sp³-hybridized carbons (Fsp3) is 0.900. The van der Waals surface area contributed by atoms with E-state index in [2.05, 4.69) is 28.2 Å². The highest BCUT2D eigenvalue weighted by molar-refractivity contribution is 6.60. The summed E-state index contributed by atoms with van der Waals surface area (Å²) in [6.45, 7) is 2.95. The molecule has 0 aliphatic heterocycles. The van der Waals surface area contributed by atoms with E-state index >= 15 is 0 Å². The van der Waals surface area contributed by atoms with Gasteiger partial charge in [-0.2, -0.15) is 0 Å². The molecule has 34 heavy (non-hydrogen) atoms. The van der Waals surface area contributed by atoms with Crippen molar-refractivity contribution in [2.75, 3.05) is 55.7 Å². The first kappa shape index (κ1) is 32.7. The van der Waals surface area contributed by atoms with Crippen LogP contribution in [0.15, 0.2) is 0 Å². The number of carbonyl (C=O) groups excluding carboxylic acids is 2. The molecule has 0 saturated carbocycles. The third-order valence-corrected chi connectivity index (χ3v) is 11.1. The largest absolute Gasteiger partial charge is 0.500 e. The number of hydrogen-bond acceptors (Lipinski definition) is 8. The molecule has 0 spiro atoms. The summed E-state index contributed by atoms with van der Waals surface area (Å²) in [5, 5.41) is 11.3. The van der Waals surface area contributed by atoms with Crippen molar-refractivity contribution < 1.29 is 36.1 Å². The maximum absolute atomic E-state index is 12.4. The average molecular weight is 527 g/mol. The lowest BCUT2D eigenvalue weighted by atomic mass is 10.2. The SMILES string of the molecule is CCCCCC(NC(=O)NCCC[Si](OC)(OC)OC)NC(=O)NCCC[Si](OC)(OC)OC. The normalized spacial score (nSPS) is 12.0. The molecule has 0 saturated heterocycles. The van der Waals surface area contributed by atoms with Gasteiger partial charge in [-0.05, 0) is 25.7 Å². The van der Waals surface area contributed by atoms with Crippen LogP contribution in [0.2, 0.25) is 12.1 Å². The van der Waals surface area contributed by atoms with Crippen LogP contribution in [0, 0.1) is 0 Å². The van der Waals surface area contributed by atoms with Gasteiger partial charge in [-0.3, -0.25) is 0 Å². The Bertz CT molecular complexity index is 496. The fourth-order valence-electron chi connectivity index (χ4n) is 3.32. The molecule has 0 aliphatic carbocycles. The molecule has 0 rings (SSSR count). The van der Waals surface area contributed by atoms with E-state index < -0.39 is 23.8 Å². The van der Waals surface area contributed by atoms with Crippen molar-refractivity contribution in [3.05, 3.63) is 0 Å². The Labute approximate surface area is 206 Å². The van der Waals surface area contributed by atoms with Gasteiger partial charge < -0.3 is 47.8 Å². The second kappa shape index (κ2) is 19.0. The van der Waals surface area contributed by atoms with Crippen molar-refractivity contribution in [1.82, 2.24) is 21.3 Å². The molecule has 0 atom stereocenters. The van der Waals surface area contributed by atoms with Gasteiger partial charge in [0.05, 0.1) is 0 Å². The molecule has 0 aromatic carbocycles. The van der Waals surface area contributed by atoms with Gasteiger partial charge in [0.1, 0.15) is 6.17 Å². The third kappa shape index (κ3) is 13.0. The molecular weight excluding hydrogens is 480 g/mol. The molecule has 0 aromatic rings. The Kier molecular flexibility index (Phi) is 18.3. The molecule has 4 N–H and O–H groups in total. The number of hydrogen-bond donors (Lipinski definition) is 4. The number of rotatable bonds is 20. The summed E-state index contributed by atoms with van der Waals surface area (Å²) in [7, 11) is 4.03. The van der Waals surface area contributed by atoms with Gasteiger partial charge in [0.25, 0.3) is 0 Å². The Hall–Kier alpha value is -1.27. The molecule has 4 amide bonds. The van der Waals surface area contributed by atoms with E-state index in [4.69, 9.17) is 26.6 Å². The highest BCUT2D eigenvalue weighted by Gasteiger charge is 2.37. The van der Waals surface area contributed by atoms with E-state index in [0.29, 0.717) is 44.4 Å². The molecule has 14 heteroatoms. The Morgan fingerprint density at radius 2 is 1.03 bits per heavy atom. The second-order valence-electron chi connectivity index (χ2n) is 7.65. The smallest absolute Gasteiger partial charge is 0.377 e. The van der Waals surface area contributed by atoms with Crippen molar-refractivity contribution in [3.63, 3.8) is 0 Å². The summed E-state index contributed by atoms with van der Waals surface area (Å²) in [6.07, 6.45) is 4.36. The quantitative estimate of drug-likeness (QED) is 0.107. The average Bonchev–Trinajstić information content (AvgIpc) is 2.85. The Morgan fingerprint density at radius 3 is 1.35 bits per heavy atom. The lowest BCUT2D eigenvalue weighted by Crippen LogP contribution is -2.54. The molecule has 202 valence electrons. The molecule has 0 aliphatic rings. The van der Waals surface area contributed by atoms with Crippen LogP contribution in [-0.4, -0.2) is 91.6 Å². The predicted molar refractivity (Wildman–Crippen MR) is 133 cm³/mol. The first-order valence-corrected chi connectivity index (χ1v) is 15.6. The van der Waals surface area contributed by atoms with Gasteiger partial charge in [0.15, 0.2) is 0 Å². The van der Waals surface area contributed by atoms with Crippen molar-refractivity contribution in [1.29, 1.82) is 0 Å². The fourth-order valence-corrected chi connectivity index (χ4v) is 6.77. The predicted octanol–water partition coefficient (Wildman–Crippen LogP) is 2.03. The van der Waals surface area contributed by atoms with Crippen molar-refractivity contribution >= 4 is 29.7 Å². The van der Waals surface area contributed by atoms with Gasteiger partial charge in [0.2, 0.25) is 0 Å². The minimum atomic E-state index is -2.66. The van der Waals surface area contributed by atoms with Crippen LogP contribution in [-0.2, 0) is 26.6 Å². The first-order valence-electron chi connectivity index (χ1n) is 11.7. The highest BCUT2D eigenvalue weighted by Crippen LogP contribution is 2.15. The second-order valence-corrected chi connectivity index (χ2v) is 13.8. The minimum Gasteiger partial charge on any atom is -0.377 e.